The van der Waals surface area contributed by atoms with Gasteiger partial charge in [0, 0.05) is 33.0 Å². The maximum absolute atomic E-state index is 13.1. The Balaban J connectivity index is 1.39. The Kier molecular flexibility index (Phi) is 7.23. The Morgan fingerprint density at radius 3 is 2.59 bits per heavy atom. The van der Waals surface area contributed by atoms with Crippen LogP contribution in [0.3, 0.4) is 0 Å². The lowest BCUT2D eigenvalue weighted by atomic mass is 10.1. The van der Waals surface area contributed by atoms with Crippen LogP contribution in [0.1, 0.15) is 32.2 Å². The largest absolute Gasteiger partial charge is 0.324 e. The Morgan fingerprint density at radius 1 is 1.12 bits per heavy atom. The van der Waals surface area contributed by atoms with Crippen LogP contribution < -0.4 is 5.32 Å². The first-order valence-corrected chi connectivity index (χ1v) is 13.3. The average Bonchev–Trinajstić information content (AvgIpc) is 3.44. The van der Waals surface area contributed by atoms with Crippen LogP contribution in [0, 0.1) is 20.8 Å². The molecule has 1 saturated heterocycles. The number of aromatic nitrogens is 1. The molecule has 0 saturated carbocycles. The summed E-state index contributed by atoms with van der Waals surface area (Å²) in [6.07, 6.45) is 0. The molecular formula is C24H25N3O2S3. The molecule has 166 valence electrons. The molecule has 2 heterocycles. The van der Waals surface area contributed by atoms with Gasteiger partial charge < -0.3 is 10.2 Å². The molecule has 1 aliphatic rings. The molecule has 32 heavy (non-hydrogen) atoms. The van der Waals surface area contributed by atoms with Crippen LogP contribution in [0.4, 0.5) is 5.69 Å². The van der Waals surface area contributed by atoms with E-state index in [0.717, 1.165) is 32.6 Å². The van der Waals surface area contributed by atoms with Gasteiger partial charge in [0.05, 0.1) is 16.6 Å². The minimum absolute atomic E-state index is 0.109. The molecule has 4 rings (SSSR count). The first-order valence-electron chi connectivity index (χ1n) is 10.3. The topological polar surface area (TPSA) is 62.3 Å². The summed E-state index contributed by atoms with van der Waals surface area (Å²) in [6.45, 7) is 6.07. The highest BCUT2D eigenvalue weighted by Gasteiger charge is 2.35. The van der Waals surface area contributed by atoms with Gasteiger partial charge in [0.2, 0.25) is 5.91 Å². The Labute approximate surface area is 201 Å². The van der Waals surface area contributed by atoms with Gasteiger partial charge in [-0.2, -0.15) is 0 Å². The van der Waals surface area contributed by atoms with Crippen LogP contribution in [-0.2, 0) is 10.5 Å². The Morgan fingerprint density at radius 2 is 1.91 bits per heavy atom. The van der Waals surface area contributed by atoms with E-state index in [1.165, 1.54) is 5.56 Å². The van der Waals surface area contributed by atoms with Crippen molar-refractivity contribution in [2.45, 2.75) is 37.5 Å². The number of amides is 2. The van der Waals surface area contributed by atoms with Gasteiger partial charge in [0.25, 0.3) is 5.91 Å². The monoisotopic (exact) mass is 483 g/mol. The fourth-order valence-corrected chi connectivity index (χ4v) is 6.06. The van der Waals surface area contributed by atoms with Gasteiger partial charge in [-0.1, -0.05) is 6.07 Å². The molecule has 5 nitrogen and oxygen atoms in total. The van der Waals surface area contributed by atoms with Gasteiger partial charge in [-0.25, -0.2) is 4.98 Å². The number of benzene rings is 2. The van der Waals surface area contributed by atoms with E-state index in [1.807, 2.05) is 63.2 Å². The van der Waals surface area contributed by atoms with Crippen molar-refractivity contribution < 1.29 is 9.59 Å². The molecule has 2 amide bonds. The van der Waals surface area contributed by atoms with Crippen molar-refractivity contribution >= 4 is 52.4 Å². The molecule has 1 aromatic heterocycles. The van der Waals surface area contributed by atoms with Gasteiger partial charge in [-0.15, -0.1) is 34.9 Å². The second kappa shape index (κ2) is 10.1. The lowest BCUT2D eigenvalue weighted by molar-refractivity contribution is -0.119. The molecule has 8 heteroatoms. The molecule has 1 aliphatic heterocycles. The van der Waals surface area contributed by atoms with Crippen LogP contribution in [0.2, 0.25) is 0 Å². The van der Waals surface area contributed by atoms with Crippen molar-refractivity contribution in [2.24, 2.45) is 0 Å². The summed E-state index contributed by atoms with van der Waals surface area (Å²) in [6, 6.07) is 13.0. The number of nitrogens with zero attached hydrogens (tertiary/aromatic N) is 2. The maximum Gasteiger partial charge on any atom is 0.255 e. The van der Waals surface area contributed by atoms with E-state index >= 15 is 0 Å². The van der Waals surface area contributed by atoms with Crippen molar-refractivity contribution in [1.29, 1.82) is 0 Å². The lowest BCUT2D eigenvalue weighted by Gasteiger charge is -2.23. The number of anilines is 1. The molecule has 1 fully saturated rings. The van der Waals surface area contributed by atoms with E-state index in [-0.39, 0.29) is 11.8 Å². The van der Waals surface area contributed by atoms with Crippen LogP contribution in [0.5, 0.6) is 0 Å². The van der Waals surface area contributed by atoms with E-state index in [0.29, 0.717) is 17.2 Å². The van der Waals surface area contributed by atoms with E-state index in [2.05, 4.69) is 15.7 Å². The zero-order valence-corrected chi connectivity index (χ0v) is 20.7. The summed E-state index contributed by atoms with van der Waals surface area (Å²) >= 11 is 4.96. The van der Waals surface area contributed by atoms with Crippen LogP contribution in [-0.4, -0.2) is 39.4 Å². The zero-order valence-electron chi connectivity index (χ0n) is 18.3. The maximum atomic E-state index is 13.1. The number of hydrogen-bond acceptors (Lipinski definition) is 6. The Bertz CT molecular complexity index is 1130. The fraction of sp³-hybridized carbons (Fsp3) is 0.292. The molecule has 0 aliphatic carbocycles. The fourth-order valence-electron chi connectivity index (χ4n) is 3.40. The predicted octanol–water partition coefficient (Wildman–Crippen LogP) is 5.51. The highest BCUT2D eigenvalue weighted by atomic mass is 32.2. The number of hydrogen-bond donors (Lipinski definition) is 1. The number of carbonyl (C=O) groups is 2. The van der Waals surface area contributed by atoms with E-state index in [9.17, 15) is 9.59 Å². The molecule has 2 aromatic carbocycles. The van der Waals surface area contributed by atoms with Crippen molar-refractivity contribution in [1.82, 2.24) is 9.88 Å². The van der Waals surface area contributed by atoms with Crippen molar-refractivity contribution in [3.05, 3.63) is 75.2 Å². The number of thioether (sulfide) groups is 2. The van der Waals surface area contributed by atoms with E-state index < -0.39 is 6.04 Å². The van der Waals surface area contributed by atoms with Gasteiger partial charge in [-0.3, -0.25) is 9.59 Å². The van der Waals surface area contributed by atoms with Crippen LogP contribution in [0.25, 0.3) is 0 Å². The number of aryl methyl sites for hydroxylation is 3. The molecule has 1 atom stereocenters. The number of carbonyl (C=O) groups excluding carboxylic acids is 2. The summed E-state index contributed by atoms with van der Waals surface area (Å²) in [4.78, 5) is 33.3. The predicted molar refractivity (Wildman–Crippen MR) is 135 cm³/mol. The van der Waals surface area contributed by atoms with Gasteiger partial charge in [0.1, 0.15) is 6.04 Å². The quantitative estimate of drug-likeness (QED) is 0.468. The third kappa shape index (κ3) is 5.36. The van der Waals surface area contributed by atoms with Crippen molar-refractivity contribution in [2.75, 3.05) is 16.9 Å². The first kappa shape index (κ1) is 22.9. The third-order valence-corrected chi connectivity index (χ3v) is 8.25. The second-order valence-electron chi connectivity index (χ2n) is 7.75. The summed E-state index contributed by atoms with van der Waals surface area (Å²) in [5.74, 6) is 1.67. The number of nitrogens with one attached hydrogen (secondary N) is 1. The zero-order chi connectivity index (χ0) is 22.7. The SMILES string of the molecule is Cc1nc(CSc2ccc(C(=O)N3CSCC3C(=O)Nc3ccc(C)c(C)c3)cc2)cs1. The minimum Gasteiger partial charge on any atom is -0.324 e. The number of rotatable bonds is 6. The summed E-state index contributed by atoms with van der Waals surface area (Å²) in [5, 5.41) is 6.13. The van der Waals surface area contributed by atoms with Crippen LogP contribution >= 0.6 is 34.9 Å². The van der Waals surface area contributed by atoms with E-state index in [1.54, 1.807) is 39.8 Å². The molecule has 0 bridgehead atoms. The molecule has 1 unspecified atom stereocenters. The highest BCUT2D eigenvalue weighted by Crippen LogP contribution is 2.27. The highest BCUT2D eigenvalue weighted by molar-refractivity contribution is 7.99. The molecule has 0 spiro atoms. The summed E-state index contributed by atoms with van der Waals surface area (Å²) < 4.78 is 0. The molecule has 3 aromatic rings. The molecule has 1 N–H and O–H groups in total. The first-order chi connectivity index (χ1) is 15.4. The average molecular weight is 484 g/mol. The summed E-state index contributed by atoms with van der Waals surface area (Å²) in [5.41, 5.74) is 4.74. The van der Waals surface area contributed by atoms with Gasteiger partial charge >= 0.3 is 0 Å². The van der Waals surface area contributed by atoms with Gasteiger partial charge in [0.15, 0.2) is 0 Å². The van der Waals surface area contributed by atoms with Crippen molar-refractivity contribution in [3.63, 3.8) is 0 Å². The van der Waals surface area contributed by atoms with Crippen LogP contribution in [0.15, 0.2) is 52.7 Å². The molecule has 0 radical (unpaired) electrons. The number of thiazole rings is 1. The van der Waals surface area contributed by atoms with E-state index in [4.69, 9.17) is 0 Å². The normalized spacial score (nSPS) is 15.7. The Hall–Kier alpha value is -2.29. The van der Waals surface area contributed by atoms with Gasteiger partial charge in [-0.05, 0) is 68.3 Å². The van der Waals surface area contributed by atoms with Crippen molar-refractivity contribution in [3.8, 4) is 0 Å². The second-order valence-corrected chi connectivity index (χ2v) is 10.9. The molecular weight excluding hydrogens is 458 g/mol. The lowest BCUT2D eigenvalue weighted by Crippen LogP contribution is -2.44. The standard InChI is InChI=1S/C24H25N3O2S3/c1-15-4-7-19(10-16(15)2)26-23(28)22-13-30-14-27(22)24(29)18-5-8-21(9-6-18)32-12-20-11-31-17(3)25-20/h4-11,22H,12-14H2,1-3H3,(H,26,28). The third-order valence-electron chi connectivity index (χ3n) is 5.37. The smallest absolute Gasteiger partial charge is 0.255 e. The minimum atomic E-state index is -0.476. The summed E-state index contributed by atoms with van der Waals surface area (Å²) in [7, 11) is 0.